The predicted octanol–water partition coefficient (Wildman–Crippen LogP) is 0.110. The fourth-order valence-corrected chi connectivity index (χ4v) is 2.41. The number of fused-ring (bicyclic) bond motifs is 1. The molecule has 7 heteroatoms. The van der Waals surface area contributed by atoms with E-state index < -0.39 is 0 Å². The van der Waals surface area contributed by atoms with Crippen molar-refractivity contribution in [3.05, 3.63) is 12.1 Å². The van der Waals surface area contributed by atoms with Crippen LogP contribution in [0.4, 0.5) is 10.8 Å². The van der Waals surface area contributed by atoms with Crippen LogP contribution in [0, 0.1) is 0 Å². The number of aliphatic hydroxyl groups excluding tert-OH is 2. The maximum Gasteiger partial charge on any atom is 0.144 e. The average molecular weight is 257 g/mol. The Morgan fingerprint density at radius 1 is 1.35 bits per heavy atom. The standard InChI is InChI=1S/C10H15N3O3S/c11-9-5-7-8(17-9)6-10(12-1-2-14)13(7)16-4-3-15/h5-6,12,14-15H,1-4,11H2. The predicted molar refractivity (Wildman–Crippen MR) is 68.3 cm³/mol. The Bertz CT molecular complexity index is 494. The molecule has 0 aromatic carbocycles. The van der Waals surface area contributed by atoms with E-state index in [-0.39, 0.29) is 19.8 Å². The van der Waals surface area contributed by atoms with Gasteiger partial charge in [-0.1, -0.05) is 0 Å². The highest BCUT2D eigenvalue weighted by atomic mass is 32.1. The van der Waals surface area contributed by atoms with Crippen LogP contribution >= 0.6 is 11.3 Å². The van der Waals surface area contributed by atoms with Crippen molar-refractivity contribution in [2.45, 2.75) is 0 Å². The van der Waals surface area contributed by atoms with Gasteiger partial charge in [0.1, 0.15) is 17.9 Å². The number of nitrogen functional groups attached to an aromatic ring is 1. The molecule has 2 aromatic heterocycles. The summed E-state index contributed by atoms with van der Waals surface area (Å²) in [5.41, 5.74) is 6.58. The number of aromatic nitrogens is 1. The van der Waals surface area contributed by atoms with Crippen LogP contribution in [0.3, 0.4) is 0 Å². The van der Waals surface area contributed by atoms with Gasteiger partial charge in [-0.25, -0.2) is 0 Å². The maximum atomic E-state index is 8.79. The number of thiophene rings is 1. The van der Waals surface area contributed by atoms with Gasteiger partial charge in [0.2, 0.25) is 0 Å². The first-order valence-electron chi connectivity index (χ1n) is 5.26. The molecular weight excluding hydrogens is 242 g/mol. The number of hydrogen-bond acceptors (Lipinski definition) is 6. The lowest BCUT2D eigenvalue weighted by Crippen LogP contribution is -2.18. The van der Waals surface area contributed by atoms with Crippen LogP contribution in [-0.4, -0.2) is 41.3 Å². The van der Waals surface area contributed by atoms with Crippen molar-refractivity contribution in [2.24, 2.45) is 0 Å². The van der Waals surface area contributed by atoms with Crippen molar-refractivity contribution in [2.75, 3.05) is 37.4 Å². The van der Waals surface area contributed by atoms with E-state index in [0.29, 0.717) is 11.5 Å². The second-order valence-corrected chi connectivity index (χ2v) is 4.54. The van der Waals surface area contributed by atoms with Gasteiger partial charge < -0.3 is 26.1 Å². The minimum Gasteiger partial charge on any atom is -0.409 e. The van der Waals surface area contributed by atoms with E-state index in [1.165, 1.54) is 11.3 Å². The first-order valence-corrected chi connectivity index (χ1v) is 6.07. The second-order valence-electron chi connectivity index (χ2n) is 3.43. The quantitative estimate of drug-likeness (QED) is 0.589. The summed E-state index contributed by atoms with van der Waals surface area (Å²) >= 11 is 1.47. The largest absolute Gasteiger partial charge is 0.409 e. The SMILES string of the molecule is Nc1cc2c(cc(NCCO)n2OCCO)s1. The molecule has 6 nitrogen and oxygen atoms in total. The number of aliphatic hydroxyl groups is 2. The molecule has 0 aliphatic heterocycles. The van der Waals surface area contributed by atoms with Crippen LogP contribution in [0.25, 0.3) is 10.2 Å². The monoisotopic (exact) mass is 257 g/mol. The second kappa shape index (κ2) is 5.26. The molecule has 2 rings (SSSR count). The number of nitrogens with two attached hydrogens (primary N) is 1. The van der Waals surface area contributed by atoms with Crippen LogP contribution in [-0.2, 0) is 0 Å². The molecule has 0 bridgehead atoms. The zero-order chi connectivity index (χ0) is 12.3. The molecule has 0 unspecified atom stereocenters. The van der Waals surface area contributed by atoms with Crippen molar-refractivity contribution >= 4 is 32.4 Å². The highest BCUT2D eigenvalue weighted by molar-refractivity contribution is 7.22. The van der Waals surface area contributed by atoms with Crippen molar-refractivity contribution in [1.29, 1.82) is 0 Å². The number of rotatable bonds is 6. The van der Waals surface area contributed by atoms with Crippen LogP contribution in [0.5, 0.6) is 0 Å². The van der Waals surface area contributed by atoms with Gasteiger partial charge in [0.25, 0.3) is 0 Å². The maximum absolute atomic E-state index is 8.79. The molecule has 17 heavy (non-hydrogen) atoms. The summed E-state index contributed by atoms with van der Waals surface area (Å²) in [7, 11) is 0. The van der Waals surface area contributed by atoms with E-state index in [0.717, 1.165) is 16.0 Å². The zero-order valence-electron chi connectivity index (χ0n) is 9.22. The van der Waals surface area contributed by atoms with Gasteiger partial charge in [-0.2, -0.15) is 4.73 Å². The summed E-state index contributed by atoms with van der Waals surface area (Å²) in [6.45, 7) is 0.627. The van der Waals surface area contributed by atoms with E-state index in [9.17, 15) is 0 Å². The summed E-state index contributed by atoms with van der Waals surface area (Å²) in [6, 6.07) is 3.73. The molecular formula is C10H15N3O3S. The Morgan fingerprint density at radius 2 is 2.18 bits per heavy atom. The topological polar surface area (TPSA) is 92.7 Å². The van der Waals surface area contributed by atoms with Crippen LogP contribution in [0.2, 0.25) is 0 Å². The fraction of sp³-hybridized carbons (Fsp3) is 0.400. The fourth-order valence-electron chi connectivity index (χ4n) is 1.57. The Hall–Kier alpha value is -1.44. The third kappa shape index (κ3) is 2.46. The molecule has 2 aromatic rings. The number of anilines is 2. The normalized spacial score (nSPS) is 10.9. The first kappa shape index (κ1) is 12.0. The highest BCUT2D eigenvalue weighted by Gasteiger charge is 2.12. The smallest absolute Gasteiger partial charge is 0.144 e. The van der Waals surface area contributed by atoms with Crippen molar-refractivity contribution in [3.63, 3.8) is 0 Å². The lowest BCUT2D eigenvalue weighted by atomic mass is 10.5. The van der Waals surface area contributed by atoms with Gasteiger partial charge in [0.15, 0.2) is 0 Å². The lowest BCUT2D eigenvalue weighted by Gasteiger charge is -2.11. The summed E-state index contributed by atoms with van der Waals surface area (Å²) < 4.78 is 2.59. The zero-order valence-corrected chi connectivity index (χ0v) is 10.0. The highest BCUT2D eigenvalue weighted by Crippen LogP contribution is 2.32. The lowest BCUT2D eigenvalue weighted by molar-refractivity contribution is 0.0863. The third-order valence-corrected chi connectivity index (χ3v) is 3.09. The van der Waals surface area contributed by atoms with Gasteiger partial charge in [0, 0.05) is 18.7 Å². The Kier molecular flexibility index (Phi) is 3.72. The van der Waals surface area contributed by atoms with Crippen LogP contribution in [0.15, 0.2) is 12.1 Å². The molecule has 0 aliphatic rings. The number of nitrogens with one attached hydrogen (secondary N) is 1. The Labute approximate surface area is 102 Å². The summed E-state index contributed by atoms with van der Waals surface area (Å²) in [6.07, 6.45) is 0. The molecule has 0 spiro atoms. The minimum atomic E-state index is -0.0568. The van der Waals surface area contributed by atoms with Gasteiger partial charge in [-0.3, -0.25) is 0 Å². The van der Waals surface area contributed by atoms with E-state index in [2.05, 4.69) is 5.32 Å². The number of hydrogen-bond donors (Lipinski definition) is 4. The molecule has 0 fully saturated rings. The molecule has 94 valence electrons. The van der Waals surface area contributed by atoms with Gasteiger partial charge in [-0.15, -0.1) is 11.3 Å². The minimum absolute atomic E-state index is 0.0426. The molecule has 0 amide bonds. The third-order valence-electron chi connectivity index (χ3n) is 2.19. The summed E-state index contributed by atoms with van der Waals surface area (Å²) in [4.78, 5) is 5.42. The molecule has 0 atom stereocenters. The van der Waals surface area contributed by atoms with Crippen molar-refractivity contribution in [1.82, 2.24) is 4.73 Å². The molecule has 0 radical (unpaired) electrons. The van der Waals surface area contributed by atoms with E-state index in [1.54, 1.807) is 4.73 Å². The van der Waals surface area contributed by atoms with Crippen LogP contribution < -0.4 is 15.9 Å². The summed E-state index contributed by atoms with van der Waals surface area (Å²) in [5.74, 6) is 0.744. The molecule has 0 saturated heterocycles. The molecule has 2 heterocycles. The molecule has 0 saturated carbocycles. The number of nitrogens with zero attached hydrogens (tertiary/aromatic N) is 1. The van der Waals surface area contributed by atoms with E-state index >= 15 is 0 Å². The van der Waals surface area contributed by atoms with Gasteiger partial charge >= 0.3 is 0 Å². The van der Waals surface area contributed by atoms with E-state index in [1.807, 2.05) is 12.1 Å². The van der Waals surface area contributed by atoms with Crippen LogP contribution in [0.1, 0.15) is 0 Å². The first-order chi connectivity index (χ1) is 8.26. The van der Waals surface area contributed by atoms with Crippen molar-refractivity contribution < 1.29 is 15.1 Å². The molecule has 5 N–H and O–H groups in total. The average Bonchev–Trinajstić information content (AvgIpc) is 2.80. The Morgan fingerprint density at radius 3 is 2.88 bits per heavy atom. The summed E-state index contributed by atoms with van der Waals surface area (Å²) in [5, 5.41) is 21.3. The molecule has 0 aliphatic carbocycles. The Balaban J connectivity index is 2.32. The van der Waals surface area contributed by atoms with E-state index in [4.69, 9.17) is 20.8 Å². The van der Waals surface area contributed by atoms with Gasteiger partial charge in [-0.05, 0) is 0 Å². The van der Waals surface area contributed by atoms with Crippen molar-refractivity contribution in [3.8, 4) is 0 Å². The van der Waals surface area contributed by atoms with Gasteiger partial charge in [0.05, 0.1) is 22.9 Å².